The van der Waals surface area contributed by atoms with Gasteiger partial charge in [0.25, 0.3) is 0 Å². The van der Waals surface area contributed by atoms with E-state index < -0.39 is 0 Å². The number of hydrogen-bond acceptors (Lipinski definition) is 4. The third kappa shape index (κ3) is 2.22. The molecular weight excluding hydrogens is 240 g/mol. The van der Waals surface area contributed by atoms with Gasteiger partial charge in [0.2, 0.25) is 0 Å². The van der Waals surface area contributed by atoms with Gasteiger partial charge < -0.3 is 4.42 Å². The molecule has 2 rings (SSSR count). The van der Waals surface area contributed by atoms with E-state index in [1.165, 1.54) is 0 Å². The van der Waals surface area contributed by atoms with Gasteiger partial charge in [0.05, 0.1) is 23.2 Å². The van der Waals surface area contributed by atoms with Crippen molar-refractivity contribution in [2.24, 2.45) is 5.84 Å². The van der Waals surface area contributed by atoms with Crippen LogP contribution in [0.5, 0.6) is 0 Å². The Morgan fingerprint density at radius 2 is 2.29 bits per heavy atom. The lowest BCUT2D eigenvalue weighted by atomic mass is 10.1. The number of furan rings is 1. The molecular formula is C11H15ClN4O. The van der Waals surface area contributed by atoms with Crippen LogP contribution in [0.25, 0.3) is 0 Å². The summed E-state index contributed by atoms with van der Waals surface area (Å²) in [6.07, 6.45) is 3.22. The molecule has 2 aromatic rings. The molecule has 3 N–H and O–H groups in total. The molecule has 0 fully saturated rings. The average Bonchev–Trinajstić information content (AvgIpc) is 2.91. The second kappa shape index (κ2) is 4.91. The lowest BCUT2D eigenvalue weighted by molar-refractivity contribution is 0.416. The Balaban J connectivity index is 2.47. The van der Waals surface area contributed by atoms with Crippen molar-refractivity contribution in [1.29, 1.82) is 0 Å². The molecule has 0 radical (unpaired) electrons. The number of rotatable bonds is 4. The standard InChI is InChI=1S/C11H15ClN4O/c1-7(2)16-11(8(12)6-14-16)10(15-13)9-4-3-5-17-9/h3-7,10,15H,13H2,1-2H3. The van der Waals surface area contributed by atoms with Crippen LogP contribution in [-0.2, 0) is 0 Å². The molecule has 0 amide bonds. The molecule has 1 atom stereocenters. The smallest absolute Gasteiger partial charge is 0.128 e. The predicted octanol–water partition coefficient (Wildman–Crippen LogP) is 2.26. The molecule has 0 saturated heterocycles. The van der Waals surface area contributed by atoms with Crippen molar-refractivity contribution in [2.75, 3.05) is 0 Å². The fourth-order valence-electron chi connectivity index (χ4n) is 1.78. The summed E-state index contributed by atoms with van der Waals surface area (Å²) in [5, 5.41) is 4.81. The van der Waals surface area contributed by atoms with Crippen LogP contribution >= 0.6 is 11.6 Å². The highest BCUT2D eigenvalue weighted by molar-refractivity contribution is 6.31. The van der Waals surface area contributed by atoms with Crippen LogP contribution in [0.2, 0.25) is 5.02 Å². The zero-order valence-corrected chi connectivity index (χ0v) is 10.5. The van der Waals surface area contributed by atoms with Crippen molar-refractivity contribution in [3.05, 3.63) is 41.1 Å². The van der Waals surface area contributed by atoms with Crippen molar-refractivity contribution < 1.29 is 4.42 Å². The number of aromatic nitrogens is 2. The second-order valence-corrected chi connectivity index (χ2v) is 4.44. The summed E-state index contributed by atoms with van der Waals surface area (Å²) in [7, 11) is 0. The minimum atomic E-state index is -0.303. The number of hydrogen-bond donors (Lipinski definition) is 2. The zero-order chi connectivity index (χ0) is 12.4. The number of nitrogens with two attached hydrogens (primary N) is 1. The molecule has 0 saturated carbocycles. The summed E-state index contributed by atoms with van der Waals surface area (Å²) in [6.45, 7) is 4.06. The van der Waals surface area contributed by atoms with Crippen LogP contribution in [0.3, 0.4) is 0 Å². The Kier molecular flexibility index (Phi) is 3.51. The first-order chi connectivity index (χ1) is 8.15. The Labute approximate surface area is 105 Å². The van der Waals surface area contributed by atoms with E-state index in [9.17, 15) is 0 Å². The molecule has 17 heavy (non-hydrogen) atoms. The third-order valence-corrected chi connectivity index (χ3v) is 2.84. The molecule has 92 valence electrons. The van der Waals surface area contributed by atoms with Gasteiger partial charge in [0.1, 0.15) is 11.8 Å². The molecule has 1 unspecified atom stereocenters. The summed E-state index contributed by atoms with van der Waals surface area (Å²) in [5.41, 5.74) is 3.51. The van der Waals surface area contributed by atoms with Crippen LogP contribution in [0.1, 0.15) is 37.4 Å². The van der Waals surface area contributed by atoms with Gasteiger partial charge in [-0.2, -0.15) is 5.10 Å². The van der Waals surface area contributed by atoms with Gasteiger partial charge in [-0.1, -0.05) is 11.6 Å². The highest BCUT2D eigenvalue weighted by Gasteiger charge is 2.24. The number of nitrogens with zero attached hydrogens (tertiary/aromatic N) is 2. The van der Waals surface area contributed by atoms with Crippen molar-refractivity contribution in [1.82, 2.24) is 15.2 Å². The number of halogens is 1. The summed E-state index contributed by atoms with van der Waals surface area (Å²) in [5.74, 6) is 6.29. The quantitative estimate of drug-likeness (QED) is 0.649. The van der Waals surface area contributed by atoms with Crippen molar-refractivity contribution >= 4 is 11.6 Å². The van der Waals surface area contributed by atoms with E-state index >= 15 is 0 Å². The first-order valence-corrected chi connectivity index (χ1v) is 5.75. The molecule has 2 aromatic heterocycles. The summed E-state index contributed by atoms with van der Waals surface area (Å²) < 4.78 is 7.19. The second-order valence-electron chi connectivity index (χ2n) is 4.03. The maximum atomic E-state index is 6.16. The van der Waals surface area contributed by atoms with E-state index in [4.69, 9.17) is 21.9 Å². The molecule has 0 bridgehead atoms. The predicted molar refractivity (Wildman–Crippen MR) is 65.5 cm³/mol. The van der Waals surface area contributed by atoms with Gasteiger partial charge in [-0.15, -0.1) is 0 Å². The van der Waals surface area contributed by atoms with E-state index in [1.807, 2.05) is 30.7 Å². The topological polar surface area (TPSA) is 69.0 Å². The zero-order valence-electron chi connectivity index (χ0n) is 9.72. The van der Waals surface area contributed by atoms with Gasteiger partial charge in [0.15, 0.2) is 0 Å². The van der Waals surface area contributed by atoms with Gasteiger partial charge in [0, 0.05) is 6.04 Å². The van der Waals surface area contributed by atoms with Crippen molar-refractivity contribution in [3.8, 4) is 0 Å². The van der Waals surface area contributed by atoms with Gasteiger partial charge in [-0.25, -0.2) is 5.43 Å². The largest absolute Gasteiger partial charge is 0.467 e. The number of hydrazine groups is 1. The SMILES string of the molecule is CC(C)n1ncc(Cl)c1C(NN)c1ccco1. The lowest BCUT2D eigenvalue weighted by Gasteiger charge is -2.18. The first-order valence-electron chi connectivity index (χ1n) is 5.37. The lowest BCUT2D eigenvalue weighted by Crippen LogP contribution is -2.31. The van der Waals surface area contributed by atoms with E-state index in [2.05, 4.69) is 10.5 Å². The minimum Gasteiger partial charge on any atom is -0.467 e. The van der Waals surface area contributed by atoms with Crippen LogP contribution in [-0.4, -0.2) is 9.78 Å². The highest BCUT2D eigenvalue weighted by Crippen LogP contribution is 2.29. The van der Waals surface area contributed by atoms with Crippen LogP contribution < -0.4 is 11.3 Å². The van der Waals surface area contributed by atoms with Crippen LogP contribution in [0, 0.1) is 0 Å². The maximum Gasteiger partial charge on any atom is 0.128 e. The molecule has 5 nitrogen and oxygen atoms in total. The van der Waals surface area contributed by atoms with Gasteiger partial charge in [-0.3, -0.25) is 10.5 Å². The van der Waals surface area contributed by atoms with Crippen LogP contribution in [0.15, 0.2) is 29.0 Å². The Hall–Kier alpha value is -1.30. The fourth-order valence-corrected chi connectivity index (χ4v) is 2.02. The Morgan fingerprint density at radius 3 is 2.82 bits per heavy atom. The Morgan fingerprint density at radius 1 is 1.53 bits per heavy atom. The maximum absolute atomic E-state index is 6.16. The average molecular weight is 255 g/mol. The highest BCUT2D eigenvalue weighted by atomic mass is 35.5. The molecule has 0 spiro atoms. The van der Waals surface area contributed by atoms with Gasteiger partial charge >= 0.3 is 0 Å². The number of nitrogens with one attached hydrogen (secondary N) is 1. The summed E-state index contributed by atoms with van der Waals surface area (Å²) >= 11 is 6.16. The van der Waals surface area contributed by atoms with E-state index in [0.29, 0.717) is 10.8 Å². The van der Waals surface area contributed by atoms with E-state index in [1.54, 1.807) is 12.5 Å². The van der Waals surface area contributed by atoms with E-state index in [0.717, 1.165) is 5.69 Å². The molecule has 0 aliphatic rings. The Bertz CT molecular complexity index is 478. The molecule has 0 aliphatic carbocycles. The van der Waals surface area contributed by atoms with Crippen molar-refractivity contribution in [3.63, 3.8) is 0 Å². The monoisotopic (exact) mass is 254 g/mol. The van der Waals surface area contributed by atoms with Crippen molar-refractivity contribution in [2.45, 2.75) is 25.9 Å². The summed E-state index contributed by atoms with van der Waals surface area (Å²) in [4.78, 5) is 0. The third-order valence-electron chi connectivity index (χ3n) is 2.54. The van der Waals surface area contributed by atoms with E-state index in [-0.39, 0.29) is 12.1 Å². The summed E-state index contributed by atoms with van der Waals surface area (Å²) in [6, 6.07) is 3.55. The first kappa shape index (κ1) is 12.2. The normalized spacial score (nSPS) is 13.2. The molecule has 2 heterocycles. The molecule has 0 aliphatic heterocycles. The van der Waals surface area contributed by atoms with Gasteiger partial charge in [-0.05, 0) is 26.0 Å². The molecule has 0 aromatic carbocycles. The fraction of sp³-hybridized carbons (Fsp3) is 0.364. The van der Waals surface area contributed by atoms with Crippen LogP contribution in [0.4, 0.5) is 0 Å². The minimum absolute atomic E-state index is 0.198. The molecule has 6 heteroatoms.